The second-order valence-corrected chi connectivity index (χ2v) is 5.95. The first-order valence-corrected chi connectivity index (χ1v) is 7.67. The molecule has 0 aliphatic carbocycles. The molecule has 0 aliphatic rings. The number of benzene rings is 1. The summed E-state index contributed by atoms with van der Waals surface area (Å²) < 4.78 is 37.7. The van der Waals surface area contributed by atoms with Crippen LogP contribution in [0.3, 0.4) is 0 Å². The standard InChI is InChI=1S/C14H18F3NO2S/c1-13(20,9-21-2)8-18-12(19)7-10-4-3-5-11(6-10)14(15,16)17/h3-6,20H,7-9H2,1-2H3,(H,18,19). The highest BCUT2D eigenvalue weighted by Crippen LogP contribution is 2.29. The number of thioether (sulfide) groups is 1. The minimum Gasteiger partial charge on any atom is -0.387 e. The average molecular weight is 321 g/mol. The molecule has 1 rings (SSSR count). The molecular weight excluding hydrogens is 303 g/mol. The van der Waals surface area contributed by atoms with Gasteiger partial charge >= 0.3 is 6.18 Å². The minimum atomic E-state index is -4.42. The van der Waals surface area contributed by atoms with E-state index >= 15 is 0 Å². The molecule has 3 nitrogen and oxygen atoms in total. The molecule has 1 unspecified atom stereocenters. The molecule has 0 radical (unpaired) electrons. The second kappa shape index (κ2) is 7.17. The molecule has 7 heteroatoms. The Labute approximate surface area is 125 Å². The van der Waals surface area contributed by atoms with E-state index in [1.54, 1.807) is 6.92 Å². The zero-order valence-corrected chi connectivity index (χ0v) is 12.6. The molecule has 0 aromatic heterocycles. The van der Waals surface area contributed by atoms with Crippen LogP contribution < -0.4 is 5.32 Å². The summed E-state index contributed by atoms with van der Waals surface area (Å²) in [6.45, 7) is 1.65. The number of hydrogen-bond acceptors (Lipinski definition) is 3. The Morgan fingerprint density at radius 2 is 2.05 bits per heavy atom. The van der Waals surface area contributed by atoms with Crippen LogP contribution in [-0.2, 0) is 17.4 Å². The topological polar surface area (TPSA) is 49.3 Å². The maximum absolute atomic E-state index is 12.6. The van der Waals surface area contributed by atoms with Gasteiger partial charge in [-0.15, -0.1) is 0 Å². The van der Waals surface area contributed by atoms with Gasteiger partial charge in [0.25, 0.3) is 0 Å². The van der Waals surface area contributed by atoms with E-state index < -0.39 is 23.2 Å². The Morgan fingerprint density at radius 1 is 1.38 bits per heavy atom. The first kappa shape index (κ1) is 17.8. The molecule has 21 heavy (non-hydrogen) atoms. The average Bonchev–Trinajstić information content (AvgIpc) is 2.36. The van der Waals surface area contributed by atoms with Gasteiger partial charge < -0.3 is 10.4 Å². The van der Waals surface area contributed by atoms with Gasteiger partial charge in [-0.05, 0) is 24.8 Å². The van der Waals surface area contributed by atoms with Crippen LogP contribution in [0.15, 0.2) is 24.3 Å². The maximum Gasteiger partial charge on any atom is 0.416 e. The quantitative estimate of drug-likeness (QED) is 0.846. The molecule has 0 heterocycles. The lowest BCUT2D eigenvalue weighted by Gasteiger charge is -2.22. The lowest BCUT2D eigenvalue weighted by Crippen LogP contribution is -2.42. The molecule has 0 saturated carbocycles. The fraction of sp³-hybridized carbons (Fsp3) is 0.500. The van der Waals surface area contributed by atoms with Gasteiger partial charge in [-0.3, -0.25) is 4.79 Å². The first-order valence-electron chi connectivity index (χ1n) is 6.28. The largest absolute Gasteiger partial charge is 0.416 e. The third kappa shape index (κ3) is 6.39. The third-order valence-corrected chi connectivity index (χ3v) is 3.65. The van der Waals surface area contributed by atoms with Crippen molar-refractivity contribution in [2.45, 2.75) is 25.1 Å². The van der Waals surface area contributed by atoms with Crippen molar-refractivity contribution >= 4 is 17.7 Å². The smallest absolute Gasteiger partial charge is 0.387 e. The first-order chi connectivity index (χ1) is 9.64. The van der Waals surface area contributed by atoms with Crippen molar-refractivity contribution in [2.75, 3.05) is 18.6 Å². The van der Waals surface area contributed by atoms with Gasteiger partial charge in [0, 0.05) is 12.3 Å². The van der Waals surface area contributed by atoms with Crippen molar-refractivity contribution in [2.24, 2.45) is 0 Å². The summed E-state index contributed by atoms with van der Waals surface area (Å²) in [7, 11) is 0. The van der Waals surface area contributed by atoms with Crippen molar-refractivity contribution in [1.82, 2.24) is 5.32 Å². The van der Waals surface area contributed by atoms with Crippen molar-refractivity contribution in [3.63, 3.8) is 0 Å². The van der Waals surface area contributed by atoms with E-state index in [9.17, 15) is 23.1 Å². The highest BCUT2D eigenvalue weighted by molar-refractivity contribution is 7.98. The number of alkyl halides is 3. The number of aliphatic hydroxyl groups is 1. The Morgan fingerprint density at radius 3 is 2.62 bits per heavy atom. The van der Waals surface area contributed by atoms with Crippen LogP contribution in [0.5, 0.6) is 0 Å². The molecule has 0 fully saturated rings. The molecule has 0 aliphatic heterocycles. The summed E-state index contributed by atoms with van der Waals surface area (Å²) in [4.78, 5) is 11.7. The van der Waals surface area contributed by atoms with E-state index in [0.29, 0.717) is 5.75 Å². The summed E-state index contributed by atoms with van der Waals surface area (Å²) in [5.74, 6) is 0.0346. The number of carbonyl (C=O) groups is 1. The lowest BCUT2D eigenvalue weighted by molar-refractivity contribution is -0.137. The van der Waals surface area contributed by atoms with Gasteiger partial charge in [0.2, 0.25) is 5.91 Å². The molecule has 2 N–H and O–H groups in total. The van der Waals surface area contributed by atoms with E-state index in [0.717, 1.165) is 12.1 Å². The zero-order chi connectivity index (χ0) is 16.1. The van der Waals surface area contributed by atoms with Crippen LogP contribution in [-0.4, -0.2) is 35.2 Å². The van der Waals surface area contributed by atoms with Gasteiger partial charge in [-0.1, -0.05) is 18.2 Å². The fourth-order valence-corrected chi connectivity index (χ4v) is 2.48. The Balaban J connectivity index is 2.60. The molecule has 1 aromatic rings. The van der Waals surface area contributed by atoms with Crippen molar-refractivity contribution in [3.05, 3.63) is 35.4 Å². The molecule has 118 valence electrons. The third-order valence-electron chi connectivity index (χ3n) is 2.74. The van der Waals surface area contributed by atoms with Crippen molar-refractivity contribution in [1.29, 1.82) is 0 Å². The number of amides is 1. The summed E-state index contributed by atoms with van der Waals surface area (Å²) in [6.07, 6.45) is -2.74. The van der Waals surface area contributed by atoms with Gasteiger partial charge in [-0.2, -0.15) is 24.9 Å². The van der Waals surface area contributed by atoms with Gasteiger partial charge in [-0.25, -0.2) is 0 Å². The van der Waals surface area contributed by atoms with E-state index in [-0.39, 0.29) is 18.5 Å². The number of carbonyl (C=O) groups excluding carboxylic acids is 1. The fourth-order valence-electron chi connectivity index (χ4n) is 1.76. The number of nitrogens with one attached hydrogen (secondary N) is 1. The SMILES string of the molecule is CSCC(C)(O)CNC(=O)Cc1cccc(C(F)(F)F)c1. The predicted octanol–water partition coefficient (Wildman–Crippen LogP) is 2.48. The van der Waals surface area contributed by atoms with Crippen LogP contribution in [0.4, 0.5) is 13.2 Å². The molecule has 0 bridgehead atoms. The Hall–Kier alpha value is -1.21. The molecule has 0 saturated heterocycles. The Kier molecular flexibility index (Phi) is 6.10. The second-order valence-electron chi connectivity index (χ2n) is 5.08. The summed E-state index contributed by atoms with van der Waals surface area (Å²) >= 11 is 1.44. The molecule has 1 atom stereocenters. The van der Waals surface area contributed by atoms with E-state index in [4.69, 9.17) is 0 Å². The van der Waals surface area contributed by atoms with E-state index in [1.165, 1.54) is 23.9 Å². The number of hydrogen-bond donors (Lipinski definition) is 2. The Bertz CT molecular complexity index is 489. The van der Waals surface area contributed by atoms with Crippen LogP contribution in [0.25, 0.3) is 0 Å². The minimum absolute atomic E-state index is 0.0611. The van der Waals surface area contributed by atoms with Gasteiger partial charge in [0.15, 0.2) is 0 Å². The van der Waals surface area contributed by atoms with Crippen molar-refractivity contribution in [3.8, 4) is 0 Å². The van der Waals surface area contributed by atoms with Crippen LogP contribution in [0, 0.1) is 0 Å². The summed E-state index contributed by atoms with van der Waals surface area (Å²) in [5.41, 5.74) is -1.53. The molecular formula is C14H18F3NO2S. The maximum atomic E-state index is 12.6. The zero-order valence-electron chi connectivity index (χ0n) is 11.8. The van der Waals surface area contributed by atoms with Crippen LogP contribution in [0.2, 0.25) is 0 Å². The van der Waals surface area contributed by atoms with Crippen molar-refractivity contribution < 1.29 is 23.1 Å². The molecule has 0 spiro atoms. The highest BCUT2D eigenvalue weighted by atomic mass is 32.2. The van der Waals surface area contributed by atoms with Crippen LogP contribution in [0.1, 0.15) is 18.1 Å². The predicted molar refractivity (Wildman–Crippen MR) is 77.2 cm³/mol. The van der Waals surface area contributed by atoms with E-state index in [1.807, 2.05) is 6.26 Å². The van der Waals surface area contributed by atoms with Gasteiger partial charge in [0.05, 0.1) is 17.6 Å². The summed E-state index contributed by atoms with van der Waals surface area (Å²) in [6, 6.07) is 4.66. The van der Waals surface area contributed by atoms with Crippen LogP contribution >= 0.6 is 11.8 Å². The monoisotopic (exact) mass is 321 g/mol. The molecule has 1 aromatic carbocycles. The number of halogens is 3. The normalized spacial score (nSPS) is 14.6. The number of rotatable bonds is 6. The summed E-state index contributed by atoms with van der Waals surface area (Å²) in [5, 5.41) is 12.4. The van der Waals surface area contributed by atoms with E-state index in [2.05, 4.69) is 5.32 Å². The van der Waals surface area contributed by atoms with Gasteiger partial charge in [0.1, 0.15) is 0 Å². The lowest BCUT2D eigenvalue weighted by atomic mass is 10.1. The highest BCUT2D eigenvalue weighted by Gasteiger charge is 2.30. The molecule has 1 amide bonds.